The van der Waals surface area contributed by atoms with Crippen LogP contribution in [0.5, 0.6) is 0 Å². The fraction of sp³-hybridized carbons (Fsp3) is 0.429. The van der Waals surface area contributed by atoms with Gasteiger partial charge >= 0.3 is 0 Å². The van der Waals surface area contributed by atoms with Gasteiger partial charge in [-0.05, 0) is 74.6 Å². The highest BCUT2D eigenvalue weighted by molar-refractivity contribution is 6.67. The maximum Gasteiger partial charge on any atom is 0.252 e. The molecule has 0 radical (unpaired) electrons. The summed E-state index contributed by atoms with van der Waals surface area (Å²) in [5.74, 6) is -0.201. The lowest BCUT2D eigenvalue weighted by atomic mass is 10.1. The molecule has 0 atom stereocenters. The van der Waals surface area contributed by atoms with E-state index in [2.05, 4.69) is 20.3 Å². The molecule has 2 amide bonds. The Morgan fingerprint density at radius 3 is 1.19 bits per heavy atom. The highest BCUT2D eigenvalue weighted by Gasteiger charge is 2.06. The van der Waals surface area contributed by atoms with Gasteiger partial charge in [-0.1, -0.05) is 113 Å². The first kappa shape index (κ1) is 46.0. The molecule has 0 aliphatic heterocycles. The van der Waals surface area contributed by atoms with Crippen molar-refractivity contribution in [2.24, 2.45) is 11.5 Å². The number of rotatable bonds is 21. The summed E-state index contributed by atoms with van der Waals surface area (Å²) < 4.78 is 0. The van der Waals surface area contributed by atoms with E-state index in [9.17, 15) is 14.4 Å². The molecule has 0 heterocycles. The Bertz CT molecular complexity index is 1510. The fourth-order valence-corrected chi connectivity index (χ4v) is 5.09. The maximum absolute atomic E-state index is 12.0. The van der Waals surface area contributed by atoms with Crippen molar-refractivity contribution in [3.05, 3.63) is 118 Å². The molecule has 0 aromatic heterocycles. The summed E-state index contributed by atoms with van der Waals surface area (Å²) in [4.78, 5) is 41.0. The van der Waals surface area contributed by atoms with Gasteiger partial charge < -0.3 is 22.1 Å². The third-order valence-corrected chi connectivity index (χ3v) is 8.31. The highest BCUT2D eigenvalue weighted by atomic mass is 35.5. The van der Waals surface area contributed by atoms with Crippen LogP contribution in [0.25, 0.3) is 9.69 Å². The molecule has 0 aliphatic rings. The van der Waals surface area contributed by atoms with E-state index in [-0.39, 0.29) is 11.8 Å². The van der Waals surface area contributed by atoms with Crippen LogP contribution >= 0.6 is 11.6 Å². The van der Waals surface area contributed by atoms with Gasteiger partial charge in [0.1, 0.15) is 0 Å². The first-order valence-electron chi connectivity index (χ1n) is 18.4. The smallest absolute Gasteiger partial charge is 0.252 e. The number of nitrogens with two attached hydrogens (primary N) is 2. The van der Waals surface area contributed by atoms with Crippen LogP contribution in [0.2, 0.25) is 0 Å². The zero-order chi connectivity index (χ0) is 38.9. The summed E-state index contributed by atoms with van der Waals surface area (Å²) in [5.41, 5.74) is 13.9. The quantitative estimate of drug-likeness (QED) is 0.0484. The van der Waals surface area contributed by atoms with Gasteiger partial charge in [0.2, 0.25) is 0 Å². The number of unbranched alkanes of at least 4 members (excludes halogenated alkanes) is 12. The second kappa shape index (κ2) is 30.6. The minimum atomic E-state index is -0.499. The van der Waals surface area contributed by atoms with Crippen LogP contribution in [-0.4, -0.2) is 43.2 Å². The second-order valence-electron chi connectivity index (χ2n) is 12.3. The Hall–Kier alpha value is -5.05. The molecule has 0 bridgehead atoms. The molecule has 282 valence electrons. The molecule has 0 saturated heterocycles. The van der Waals surface area contributed by atoms with Crippen molar-refractivity contribution < 1.29 is 14.4 Å². The molecule has 3 aromatic carbocycles. The van der Waals surface area contributed by atoms with Crippen molar-refractivity contribution in [3.63, 3.8) is 0 Å². The number of benzene rings is 3. The van der Waals surface area contributed by atoms with Crippen molar-refractivity contribution in [1.82, 2.24) is 10.6 Å². The molecule has 10 nitrogen and oxygen atoms in total. The number of carbonyl (C=O) groups is 3. The monoisotopic (exact) mass is 739 g/mol. The minimum absolute atomic E-state index is 0.0976. The molecule has 0 unspecified atom stereocenters. The first-order chi connectivity index (χ1) is 25.8. The van der Waals surface area contributed by atoms with Crippen LogP contribution in [0.3, 0.4) is 0 Å². The summed E-state index contributed by atoms with van der Waals surface area (Å²) in [7, 11) is 0. The molecule has 0 saturated carbocycles. The van der Waals surface area contributed by atoms with E-state index >= 15 is 0 Å². The van der Waals surface area contributed by atoms with Crippen molar-refractivity contribution >= 4 is 40.0 Å². The Morgan fingerprint density at radius 2 is 0.868 bits per heavy atom. The molecule has 6 N–H and O–H groups in total. The third kappa shape index (κ3) is 22.5. The molecular formula is C42H54ClN7O3. The lowest BCUT2D eigenvalue weighted by molar-refractivity contribution is 0.0945. The number of amides is 2. The molecule has 53 heavy (non-hydrogen) atoms. The number of hydrogen-bond donors (Lipinski definition) is 4. The van der Waals surface area contributed by atoms with E-state index in [4.69, 9.17) is 41.5 Å². The molecule has 11 heteroatoms. The van der Waals surface area contributed by atoms with E-state index in [1.54, 1.807) is 60.7 Å². The van der Waals surface area contributed by atoms with Gasteiger partial charge in [-0.15, -0.1) is 0 Å². The van der Waals surface area contributed by atoms with E-state index < -0.39 is 5.24 Å². The Kier molecular flexibility index (Phi) is 26.5. The third-order valence-electron chi connectivity index (χ3n) is 8.09. The van der Waals surface area contributed by atoms with Crippen LogP contribution in [0, 0.1) is 24.5 Å². The van der Waals surface area contributed by atoms with Crippen LogP contribution in [0.1, 0.15) is 127 Å². The van der Waals surface area contributed by atoms with E-state index in [1.807, 2.05) is 6.07 Å². The average molecular weight is 740 g/mol. The van der Waals surface area contributed by atoms with Gasteiger partial charge in [-0.2, -0.15) is 5.26 Å². The predicted molar refractivity (Wildman–Crippen MR) is 214 cm³/mol. The van der Waals surface area contributed by atoms with Crippen molar-refractivity contribution in [2.45, 2.75) is 89.9 Å². The van der Waals surface area contributed by atoms with Crippen molar-refractivity contribution in [3.8, 4) is 6.07 Å². The van der Waals surface area contributed by atoms with Crippen molar-refractivity contribution in [2.75, 3.05) is 26.2 Å². The molecule has 0 spiro atoms. The molecule has 0 aliphatic carbocycles. The summed E-state index contributed by atoms with van der Waals surface area (Å²) >= 11 is 5.18. The van der Waals surface area contributed by atoms with Crippen LogP contribution in [0.4, 0.5) is 11.4 Å². The van der Waals surface area contributed by atoms with Gasteiger partial charge in [0.25, 0.3) is 17.1 Å². The summed E-state index contributed by atoms with van der Waals surface area (Å²) in [6.45, 7) is 16.6. The Morgan fingerprint density at radius 1 is 0.547 bits per heavy atom. The van der Waals surface area contributed by atoms with E-state index in [0.29, 0.717) is 46.7 Å². The number of hydrogen-bond acceptors (Lipinski definition) is 6. The highest BCUT2D eigenvalue weighted by Crippen LogP contribution is 2.14. The standard InChI is InChI=1S/C25H28N4O2.C9H22N2.C8H4ClNO/c1-27-23-15-13-22(14-16-23)25(31)29-18-8-6-4-2-3-5-7-17-28-24(30)21-11-9-20(19-26)10-12-21;10-8-6-4-2-1-3-5-7-9-11;1-10-7-4-2-6(3-5-7)8(9)11/h9-16H,2-8,17-18H2,(H,28,30)(H,29,31);1-11H2;2-5H. The summed E-state index contributed by atoms with van der Waals surface area (Å²) in [6.07, 6.45) is 16.5. The molecule has 0 fully saturated rings. The van der Waals surface area contributed by atoms with Gasteiger partial charge in [-0.3, -0.25) is 14.4 Å². The first-order valence-corrected chi connectivity index (χ1v) is 18.8. The van der Waals surface area contributed by atoms with Gasteiger partial charge in [0, 0.05) is 29.8 Å². The normalized spacial score (nSPS) is 9.81. The summed E-state index contributed by atoms with van der Waals surface area (Å²) in [5, 5.41) is 14.1. The van der Waals surface area contributed by atoms with Crippen molar-refractivity contribution in [1.29, 1.82) is 5.26 Å². The maximum atomic E-state index is 12.0. The van der Waals surface area contributed by atoms with E-state index in [1.165, 1.54) is 57.1 Å². The second-order valence-corrected chi connectivity index (χ2v) is 12.7. The van der Waals surface area contributed by atoms with Crippen LogP contribution in [-0.2, 0) is 0 Å². The number of halogens is 1. The average Bonchev–Trinajstić information content (AvgIpc) is 3.20. The van der Waals surface area contributed by atoms with Gasteiger partial charge in [-0.25, -0.2) is 9.69 Å². The molecular weight excluding hydrogens is 686 g/mol. The lowest BCUT2D eigenvalue weighted by Crippen LogP contribution is -2.24. The zero-order valence-electron chi connectivity index (χ0n) is 30.8. The van der Waals surface area contributed by atoms with Crippen LogP contribution < -0.4 is 22.1 Å². The van der Waals surface area contributed by atoms with Gasteiger partial charge in [0.15, 0.2) is 11.4 Å². The Balaban J connectivity index is 0.000000518. The summed E-state index contributed by atoms with van der Waals surface area (Å²) in [6, 6.07) is 21.5. The number of carbonyl (C=O) groups excluding carboxylic acids is 3. The van der Waals surface area contributed by atoms with Gasteiger partial charge in [0.05, 0.1) is 24.8 Å². The number of nitrogens with zero attached hydrogens (tertiary/aromatic N) is 3. The molecule has 3 rings (SSSR count). The zero-order valence-corrected chi connectivity index (χ0v) is 31.5. The predicted octanol–water partition coefficient (Wildman–Crippen LogP) is 9.25. The van der Waals surface area contributed by atoms with E-state index in [0.717, 1.165) is 58.0 Å². The van der Waals surface area contributed by atoms with Crippen LogP contribution in [0.15, 0.2) is 72.8 Å². The number of nitrogens with one attached hydrogen (secondary N) is 2. The Labute approximate surface area is 320 Å². The minimum Gasteiger partial charge on any atom is -0.352 e. The SMILES string of the molecule is NCCCCCCCCCN.[C-]#[N+]c1ccc(C(=O)Cl)cc1.[C-]#[N+]c1ccc(C(=O)NCCCCCCCCCNC(=O)c2ccc(C#N)cc2)cc1. The largest absolute Gasteiger partial charge is 0.352 e. The molecule has 3 aromatic rings. The lowest BCUT2D eigenvalue weighted by Gasteiger charge is -2.06. The topological polar surface area (TPSA) is 160 Å². The number of nitriles is 1. The fourth-order valence-electron chi connectivity index (χ4n) is 4.96.